The van der Waals surface area contributed by atoms with Crippen LogP contribution in [0.4, 0.5) is 4.79 Å². The van der Waals surface area contributed by atoms with Gasteiger partial charge in [0.2, 0.25) is 0 Å². The molecule has 0 saturated heterocycles. The highest BCUT2D eigenvalue weighted by Gasteiger charge is 2.65. The summed E-state index contributed by atoms with van der Waals surface area (Å²) in [6.07, 6.45) is -0.0646. The Morgan fingerprint density at radius 1 is 1.24 bits per heavy atom. The summed E-state index contributed by atoms with van der Waals surface area (Å²) in [5.41, 5.74) is 0.167. The maximum absolute atomic E-state index is 11.6. The molecule has 0 heterocycles. The number of hydrogen-bond acceptors (Lipinski definition) is 2. The molecule has 1 atom stereocenters. The molecule has 1 aliphatic rings. The summed E-state index contributed by atoms with van der Waals surface area (Å²) >= 11 is 0. The minimum absolute atomic E-state index is 0.0646. The minimum Gasteiger partial charge on any atom is -0.481 e. The summed E-state index contributed by atoms with van der Waals surface area (Å²) in [5.74, 6) is -0.912. The van der Waals surface area contributed by atoms with Gasteiger partial charge in [-0.2, -0.15) is 0 Å². The van der Waals surface area contributed by atoms with E-state index in [2.05, 4.69) is 38.3 Å². The lowest BCUT2D eigenvalue weighted by molar-refractivity contribution is -0.137. The van der Waals surface area contributed by atoms with Crippen LogP contribution in [0.1, 0.15) is 41.0 Å². The van der Waals surface area contributed by atoms with Crippen LogP contribution in [-0.2, 0) is 4.79 Å². The van der Waals surface area contributed by atoms with Gasteiger partial charge in [-0.15, -0.1) is 0 Å². The molecule has 1 aliphatic carbocycles. The first-order valence-electron chi connectivity index (χ1n) is 5.88. The lowest BCUT2D eigenvalue weighted by Crippen LogP contribution is -2.43. The molecule has 98 valence electrons. The zero-order valence-corrected chi connectivity index (χ0v) is 11.1. The maximum atomic E-state index is 11.6. The molecule has 1 unspecified atom stereocenters. The summed E-state index contributed by atoms with van der Waals surface area (Å²) in [4.78, 5) is 22.1. The number of carboxylic acids is 1. The second-order valence-electron chi connectivity index (χ2n) is 5.99. The van der Waals surface area contributed by atoms with Gasteiger partial charge in [0.05, 0.1) is 6.42 Å². The van der Waals surface area contributed by atoms with Crippen molar-refractivity contribution >= 4 is 12.0 Å². The molecule has 1 saturated carbocycles. The Morgan fingerprint density at radius 3 is 2.06 bits per heavy atom. The molecule has 0 aromatic carbocycles. The Balaban J connectivity index is 2.40. The molecular formula is C12H22N2O3. The van der Waals surface area contributed by atoms with Gasteiger partial charge < -0.3 is 15.7 Å². The Bertz CT molecular complexity index is 323. The van der Waals surface area contributed by atoms with Crippen molar-refractivity contribution < 1.29 is 14.7 Å². The van der Waals surface area contributed by atoms with Crippen molar-refractivity contribution in [3.05, 3.63) is 0 Å². The normalized spacial score (nSPS) is 22.6. The average Bonchev–Trinajstić information content (AvgIpc) is 2.46. The van der Waals surface area contributed by atoms with Crippen LogP contribution in [0.5, 0.6) is 0 Å². The SMILES string of the molecule is CC(CC(=O)O)NC(=O)NC1C(C)(C)C1(C)C. The number of urea groups is 1. The topological polar surface area (TPSA) is 78.4 Å². The van der Waals surface area contributed by atoms with E-state index in [-0.39, 0.29) is 35.4 Å². The van der Waals surface area contributed by atoms with Crippen molar-refractivity contribution in [2.75, 3.05) is 0 Å². The Kier molecular flexibility index (Phi) is 3.41. The zero-order valence-electron chi connectivity index (χ0n) is 11.1. The Hall–Kier alpha value is -1.26. The first-order valence-corrected chi connectivity index (χ1v) is 5.88. The van der Waals surface area contributed by atoms with E-state index in [0.717, 1.165) is 0 Å². The number of carboxylic acid groups (broad SMARTS) is 1. The van der Waals surface area contributed by atoms with E-state index in [1.807, 2.05) is 0 Å². The van der Waals surface area contributed by atoms with Crippen molar-refractivity contribution in [1.82, 2.24) is 10.6 Å². The van der Waals surface area contributed by atoms with Gasteiger partial charge in [-0.05, 0) is 17.8 Å². The van der Waals surface area contributed by atoms with Gasteiger partial charge in [0, 0.05) is 12.1 Å². The molecule has 0 radical (unpaired) electrons. The highest BCUT2D eigenvalue weighted by Crippen LogP contribution is 2.62. The molecule has 0 bridgehead atoms. The fourth-order valence-electron chi connectivity index (χ4n) is 2.27. The van der Waals surface area contributed by atoms with Gasteiger partial charge >= 0.3 is 12.0 Å². The average molecular weight is 242 g/mol. The molecule has 5 heteroatoms. The molecule has 5 nitrogen and oxygen atoms in total. The smallest absolute Gasteiger partial charge is 0.315 e. The maximum Gasteiger partial charge on any atom is 0.315 e. The predicted octanol–water partition coefficient (Wildman–Crippen LogP) is 1.58. The highest BCUT2D eigenvalue weighted by molar-refractivity contribution is 5.76. The van der Waals surface area contributed by atoms with Crippen LogP contribution in [-0.4, -0.2) is 29.2 Å². The van der Waals surface area contributed by atoms with E-state index >= 15 is 0 Å². The highest BCUT2D eigenvalue weighted by atomic mass is 16.4. The van der Waals surface area contributed by atoms with E-state index in [1.165, 1.54) is 0 Å². The van der Waals surface area contributed by atoms with Crippen LogP contribution < -0.4 is 10.6 Å². The first kappa shape index (κ1) is 13.8. The van der Waals surface area contributed by atoms with E-state index < -0.39 is 5.97 Å². The van der Waals surface area contributed by atoms with Gasteiger partial charge in [0.15, 0.2) is 0 Å². The molecule has 0 aromatic heterocycles. The molecule has 0 aliphatic heterocycles. The van der Waals surface area contributed by atoms with Crippen LogP contribution in [0.3, 0.4) is 0 Å². The van der Waals surface area contributed by atoms with Crippen molar-refractivity contribution in [3.8, 4) is 0 Å². The Labute approximate surface area is 102 Å². The summed E-state index contributed by atoms with van der Waals surface area (Å²) in [6.45, 7) is 10.1. The molecule has 0 spiro atoms. The fraction of sp³-hybridized carbons (Fsp3) is 0.833. The molecular weight excluding hydrogens is 220 g/mol. The van der Waals surface area contributed by atoms with Gasteiger partial charge in [-0.1, -0.05) is 27.7 Å². The third kappa shape index (κ3) is 2.70. The van der Waals surface area contributed by atoms with E-state index in [4.69, 9.17) is 5.11 Å². The molecule has 2 amide bonds. The van der Waals surface area contributed by atoms with Gasteiger partial charge in [0.1, 0.15) is 0 Å². The van der Waals surface area contributed by atoms with Crippen LogP contribution in [0.25, 0.3) is 0 Å². The largest absolute Gasteiger partial charge is 0.481 e. The van der Waals surface area contributed by atoms with Gasteiger partial charge in [0.25, 0.3) is 0 Å². The summed E-state index contributed by atoms with van der Waals surface area (Å²) in [5, 5.41) is 14.1. The lowest BCUT2D eigenvalue weighted by Gasteiger charge is -2.13. The second kappa shape index (κ2) is 4.20. The predicted molar refractivity (Wildman–Crippen MR) is 64.7 cm³/mol. The third-order valence-electron chi connectivity index (χ3n) is 4.15. The zero-order chi connectivity index (χ0) is 13.4. The monoisotopic (exact) mass is 242 g/mol. The number of carbonyl (C=O) groups is 2. The number of aliphatic carboxylic acids is 1. The first-order chi connectivity index (χ1) is 7.59. The van der Waals surface area contributed by atoms with Crippen LogP contribution in [0, 0.1) is 10.8 Å². The molecule has 17 heavy (non-hydrogen) atoms. The van der Waals surface area contributed by atoms with Crippen molar-refractivity contribution in [1.29, 1.82) is 0 Å². The summed E-state index contributed by atoms with van der Waals surface area (Å²) < 4.78 is 0. The number of hydrogen-bond donors (Lipinski definition) is 3. The number of carbonyl (C=O) groups excluding carboxylic acids is 1. The van der Waals surface area contributed by atoms with E-state index in [0.29, 0.717) is 0 Å². The van der Waals surface area contributed by atoms with Crippen LogP contribution >= 0.6 is 0 Å². The van der Waals surface area contributed by atoms with E-state index in [9.17, 15) is 9.59 Å². The second-order valence-corrected chi connectivity index (χ2v) is 5.99. The van der Waals surface area contributed by atoms with Gasteiger partial charge in [-0.3, -0.25) is 4.79 Å². The molecule has 1 rings (SSSR count). The number of nitrogens with one attached hydrogen (secondary N) is 2. The Morgan fingerprint density at radius 2 is 1.71 bits per heavy atom. The summed E-state index contributed by atoms with van der Waals surface area (Å²) in [6, 6.07) is -0.521. The van der Waals surface area contributed by atoms with Gasteiger partial charge in [-0.25, -0.2) is 4.79 Å². The minimum atomic E-state index is -0.912. The van der Waals surface area contributed by atoms with Crippen molar-refractivity contribution in [2.24, 2.45) is 10.8 Å². The molecule has 0 aromatic rings. The quantitative estimate of drug-likeness (QED) is 0.700. The standard InChI is InChI=1S/C12H22N2O3/c1-7(6-8(15)16)13-10(17)14-9-11(2,3)12(9,4)5/h7,9H,6H2,1-5H3,(H,15,16)(H2,13,14,17). The lowest BCUT2D eigenvalue weighted by atomic mass is 10.0. The summed E-state index contributed by atoms with van der Waals surface area (Å²) in [7, 11) is 0. The third-order valence-corrected chi connectivity index (χ3v) is 4.15. The van der Waals surface area contributed by atoms with Crippen LogP contribution in [0.2, 0.25) is 0 Å². The number of amides is 2. The van der Waals surface area contributed by atoms with Crippen molar-refractivity contribution in [2.45, 2.75) is 53.1 Å². The molecule has 3 N–H and O–H groups in total. The van der Waals surface area contributed by atoms with Crippen LogP contribution in [0.15, 0.2) is 0 Å². The fourth-order valence-corrected chi connectivity index (χ4v) is 2.27. The van der Waals surface area contributed by atoms with E-state index in [1.54, 1.807) is 6.92 Å². The molecule has 1 fully saturated rings. The number of rotatable bonds is 4. The van der Waals surface area contributed by atoms with Crippen molar-refractivity contribution in [3.63, 3.8) is 0 Å².